The number of thioether (sulfide) groups is 2. The molecule has 1 aromatic heterocycles. The van der Waals surface area contributed by atoms with Crippen molar-refractivity contribution in [2.45, 2.75) is 11.3 Å². The molecule has 8 heteroatoms. The van der Waals surface area contributed by atoms with Gasteiger partial charge >= 0.3 is 0 Å². The van der Waals surface area contributed by atoms with Crippen molar-refractivity contribution < 1.29 is 4.79 Å². The van der Waals surface area contributed by atoms with Crippen LogP contribution in [-0.4, -0.2) is 33.2 Å². The predicted octanol–water partition coefficient (Wildman–Crippen LogP) is 4.33. The summed E-state index contributed by atoms with van der Waals surface area (Å²) in [4.78, 5) is 18.9. The molecule has 0 saturated heterocycles. The molecule has 0 radical (unpaired) electrons. The van der Waals surface area contributed by atoms with Gasteiger partial charge in [-0.05, 0) is 53.2 Å². The van der Waals surface area contributed by atoms with E-state index in [1.54, 1.807) is 29.2 Å². The number of amidine groups is 2. The first kappa shape index (κ1) is 17.3. The first-order valence-electron chi connectivity index (χ1n) is 7.79. The van der Waals surface area contributed by atoms with Gasteiger partial charge in [0.2, 0.25) is 5.17 Å². The van der Waals surface area contributed by atoms with Gasteiger partial charge in [-0.15, -0.1) is 23.1 Å². The summed E-state index contributed by atoms with van der Waals surface area (Å²) >= 11 is 4.68. The fourth-order valence-corrected chi connectivity index (χ4v) is 4.65. The molecule has 2 aliphatic heterocycles. The number of hydrogen-bond donors (Lipinski definition) is 1. The van der Waals surface area contributed by atoms with Crippen LogP contribution in [0, 0.1) is 5.41 Å². The maximum Gasteiger partial charge on any atom is 0.283 e. The maximum absolute atomic E-state index is 12.4. The van der Waals surface area contributed by atoms with Crippen LogP contribution in [0.15, 0.2) is 62.3 Å². The highest BCUT2D eigenvalue weighted by atomic mass is 32.2. The molecule has 0 atom stereocenters. The van der Waals surface area contributed by atoms with Gasteiger partial charge in [0.1, 0.15) is 5.04 Å². The summed E-state index contributed by atoms with van der Waals surface area (Å²) in [5.74, 6) is -0.321. The number of aliphatic imine (C=N–C) groups is 1. The van der Waals surface area contributed by atoms with Crippen molar-refractivity contribution in [3.05, 3.63) is 57.8 Å². The summed E-state index contributed by atoms with van der Waals surface area (Å²) in [7, 11) is 0. The Labute approximate surface area is 163 Å². The largest absolute Gasteiger partial charge is 0.283 e. The fraction of sp³-hybridized carbons (Fsp3) is 0.111. The van der Waals surface area contributed by atoms with Crippen molar-refractivity contribution in [2.75, 3.05) is 6.26 Å². The highest BCUT2D eigenvalue weighted by molar-refractivity contribution is 8.27. The number of benzene rings is 1. The highest BCUT2D eigenvalue weighted by Gasteiger charge is 2.35. The Kier molecular flexibility index (Phi) is 4.80. The Balaban J connectivity index is 1.60. The number of amides is 1. The summed E-state index contributed by atoms with van der Waals surface area (Å²) in [6.07, 6.45) is 4.40. The second-order valence-corrected chi connectivity index (χ2v) is 8.50. The van der Waals surface area contributed by atoms with E-state index in [0.29, 0.717) is 11.6 Å². The molecule has 2 aromatic rings. The second-order valence-electron chi connectivity index (χ2n) is 5.54. The summed E-state index contributed by atoms with van der Waals surface area (Å²) < 4.78 is 0. The van der Waals surface area contributed by atoms with Crippen LogP contribution in [-0.2, 0) is 11.2 Å². The molecule has 2 aliphatic rings. The van der Waals surface area contributed by atoms with Gasteiger partial charge in [-0.3, -0.25) is 10.2 Å². The lowest BCUT2D eigenvalue weighted by Gasteiger charge is -2.20. The van der Waals surface area contributed by atoms with Crippen LogP contribution in [0.1, 0.15) is 10.4 Å². The number of carbonyl (C=O) groups is 1. The van der Waals surface area contributed by atoms with Crippen LogP contribution in [0.3, 0.4) is 0 Å². The number of hydrazone groups is 1. The van der Waals surface area contributed by atoms with Crippen LogP contribution < -0.4 is 0 Å². The van der Waals surface area contributed by atoms with Crippen molar-refractivity contribution in [2.24, 2.45) is 10.1 Å². The molecule has 4 rings (SSSR count). The van der Waals surface area contributed by atoms with Crippen molar-refractivity contribution in [3.63, 3.8) is 0 Å². The first-order valence-corrected chi connectivity index (χ1v) is 10.7. The number of hydrogen-bond acceptors (Lipinski definition) is 6. The SMILES string of the molecule is CSc1ccc(/C=C2/C(=N)N3N=C(Cc4cccs4)SC3=NC2=O)cc1. The fourth-order valence-electron chi connectivity index (χ4n) is 2.53. The predicted molar refractivity (Wildman–Crippen MR) is 111 cm³/mol. The van der Waals surface area contributed by atoms with E-state index in [1.165, 1.54) is 21.6 Å². The summed E-state index contributed by atoms with van der Waals surface area (Å²) in [6, 6.07) is 11.9. The lowest BCUT2D eigenvalue weighted by Crippen LogP contribution is -2.35. The molecule has 3 heterocycles. The van der Waals surface area contributed by atoms with Gasteiger partial charge in [-0.2, -0.15) is 15.1 Å². The van der Waals surface area contributed by atoms with E-state index in [-0.39, 0.29) is 11.4 Å². The first-order chi connectivity index (χ1) is 12.6. The number of rotatable bonds is 4. The van der Waals surface area contributed by atoms with Crippen LogP contribution >= 0.6 is 34.9 Å². The van der Waals surface area contributed by atoms with E-state index in [4.69, 9.17) is 5.41 Å². The van der Waals surface area contributed by atoms with Gasteiger partial charge < -0.3 is 0 Å². The second kappa shape index (κ2) is 7.22. The van der Waals surface area contributed by atoms with Gasteiger partial charge in [0.25, 0.3) is 5.91 Å². The topological polar surface area (TPSA) is 68.9 Å². The average molecular weight is 399 g/mol. The molecule has 1 N–H and O–H groups in total. The number of nitrogens with zero attached hydrogens (tertiary/aromatic N) is 3. The van der Waals surface area contributed by atoms with Crippen molar-refractivity contribution >= 4 is 62.9 Å². The number of carbonyl (C=O) groups excluding carboxylic acids is 1. The molecule has 0 aliphatic carbocycles. The van der Waals surface area contributed by atoms with E-state index >= 15 is 0 Å². The molecule has 0 spiro atoms. The Morgan fingerprint density at radius 2 is 2.08 bits per heavy atom. The van der Waals surface area contributed by atoms with Crippen LogP contribution in [0.2, 0.25) is 0 Å². The van der Waals surface area contributed by atoms with Gasteiger partial charge in [0, 0.05) is 16.2 Å². The van der Waals surface area contributed by atoms with Crippen molar-refractivity contribution in [3.8, 4) is 0 Å². The third-order valence-electron chi connectivity index (χ3n) is 3.83. The van der Waals surface area contributed by atoms with Crippen LogP contribution in [0.25, 0.3) is 6.08 Å². The Hall–Kier alpha value is -2.16. The van der Waals surface area contributed by atoms with Gasteiger partial charge in [-0.1, -0.05) is 18.2 Å². The number of thiophene rings is 1. The maximum atomic E-state index is 12.4. The minimum atomic E-state index is -0.393. The molecule has 0 unspecified atom stereocenters. The van der Waals surface area contributed by atoms with Gasteiger partial charge in [0.15, 0.2) is 5.84 Å². The van der Waals surface area contributed by atoms with E-state index in [9.17, 15) is 4.79 Å². The van der Waals surface area contributed by atoms with Crippen molar-refractivity contribution in [1.29, 1.82) is 5.41 Å². The molecule has 1 amide bonds. The molecule has 0 bridgehead atoms. The molecule has 26 heavy (non-hydrogen) atoms. The number of nitrogens with one attached hydrogen (secondary N) is 1. The zero-order valence-corrected chi connectivity index (χ0v) is 16.3. The van der Waals surface area contributed by atoms with Gasteiger partial charge in [-0.25, -0.2) is 0 Å². The zero-order valence-electron chi connectivity index (χ0n) is 13.8. The highest BCUT2D eigenvalue weighted by Crippen LogP contribution is 2.30. The molecule has 1 aromatic carbocycles. The quantitative estimate of drug-likeness (QED) is 0.615. The molecular weight excluding hydrogens is 384 g/mol. The zero-order chi connectivity index (χ0) is 18.1. The summed E-state index contributed by atoms with van der Waals surface area (Å²) in [6.45, 7) is 0. The Morgan fingerprint density at radius 3 is 2.77 bits per heavy atom. The van der Waals surface area contributed by atoms with Crippen LogP contribution in [0.5, 0.6) is 0 Å². The third-order valence-corrected chi connectivity index (χ3v) is 6.36. The minimum Gasteiger partial charge on any atom is -0.282 e. The molecular formula is C18H14N4OS3. The van der Waals surface area contributed by atoms with E-state index in [1.807, 2.05) is 48.0 Å². The molecule has 0 fully saturated rings. The third kappa shape index (κ3) is 3.40. The molecule has 0 saturated carbocycles. The molecule has 130 valence electrons. The standard InChI is InChI=1S/C18H14N4OS3/c1-24-12-6-4-11(5-7-12)9-14-16(19)22-18(20-17(14)23)26-15(21-22)10-13-3-2-8-25-13/h2-9,19H,10H2,1H3/b14-9-,19-16?. The van der Waals surface area contributed by atoms with E-state index < -0.39 is 5.91 Å². The number of fused-ring (bicyclic) bond motifs is 1. The van der Waals surface area contributed by atoms with Crippen molar-refractivity contribution in [1.82, 2.24) is 5.01 Å². The van der Waals surface area contributed by atoms with E-state index in [2.05, 4.69) is 10.1 Å². The minimum absolute atomic E-state index is 0.0719. The normalized spacial score (nSPS) is 18.2. The molecule has 5 nitrogen and oxygen atoms in total. The monoisotopic (exact) mass is 398 g/mol. The Bertz CT molecular complexity index is 959. The lowest BCUT2D eigenvalue weighted by molar-refractivity contribution is -0.114. The Morgan fingerprint density at radius 1 is 1.27 bits per heavy atom. The lowest BCUT2D eigenvalue weighted by atomic mass is 10.1. The average Bonchev–Trinajstić information content (AvgIpc) is 3.29. The summed E-state index contributed by atoms with van der Waals surface area (Å²) in [5, 5.41) is 17.7. The van der Waals surface area contributed by atoms with Crippen LogP contribution in [0.4, 0.5) is 0 Å². The summed E-state index contributed by atoms with van der Waals surface area (Å²) in [5.41, 5.74) is 1.12. The van der Waals surface area contributed by atoms with Gasteiger partial charge in [0.05, 0.1) is 5.57 Å². The smallest absolute Gasteiger partial charge is 0.282 e. The van der Waals surface area contributed by atoms with E-state index in [0.717, 1.165) is 15.5 Å².